The quantitative estimate of drug-likeness (QED) is 0.836. The van der Waals surface area contributed by atoms with Gasteiger partial charge in [0.2, 0.25) is 5.91 Å². The van der Waals surface area contributed by atoms with Gasteiger partial charge >= 0.3 is 5.97 Å². The average Bonchev–Trinajstić information content (AvgIpc) is 2.67. The van der Waals surface area contributed by atoms with Gasteiger partial charge < -0.3 is 10.1 Å². The maximum Gasteiger partial charge on any atom is 0.310 e. The first kappa shape index (κ1) is 18.4. The van der Waals surface area contributed by atoms with Crippen molar-refractivity contribution in [2.45, 2.75) is 32.7 Å². The number of anilines is 1. The molecule has 1 N–H and O–H groups in total. The summed E-state index contributed by atoms with van der Waals surface area (Å²) in [5.74, 6) is -0.344. The second-order valence-electron chi connectivity index (χ2n) is 6.81. The minimum absolute atomic E-state index is 0.0511. The normalized spacial score (nSPS) is 19.1. The van der Waals surface area contributed by atoms with E-state index in [0.29, 0.717) is 13.2 Å². The molecule has 138 valence electrons. The molecule has 1 aliphatic heterocycles. The van der Waals surface area contributed by atoms with E-state index in [2.05, 4.69) is 10.2 Å². The lowest BCUT2D eigenvalue weighted by Crippen LogP contribution is -2.48. The van der Waals surface area contributed by atoms with Crippen LogP contribution in [0.15, 0.2) is 42.5 Å². The molecule has 0 radical (unpaired) electrons. The summed E-state index contributed by atoms with van der Waals surface area (Å²) >= 11 is 0. The molecule has 0 unspecified atom stereocenters. The Hall–Kier alpha value is -2.40. The fraction of sp³-hybridized carbons (Fsp3) is 0.429. The van der Waals surface area contributed by atoms with Crippen molar-refractivity contribution in [3.8, 4) is 0 Å². The Bertz CT molecular complexity index is 790. The molecule has 1 saturated heterocycles. The second-order valence-corrected chi connectivity index (χ2v) is 6.81. The molecule has 2 aromatic rings. The fourth-order valence-electron chi connectivity index (χ4n) is 3.49. The molecule has 0 aromatic heterocycles. The Balaban J connectivity index is 1.63. The number of fused-ring (bicyclic) bond motifs is 1. The van der Waals surface area contributed by atoms with Crippen LogP contribution < -0.4 is 5.32 Å². The van der Waals surface area contributed by atoms with Crippen molar-refractivity contribution in [2.75, 3.05) is 25.0 Å². The molecule has 5 nitrogen and oxygen atoms in total. The first-order valence-corrected chi connectivity index (χ1v) is 9.29. The van der Waals surface area contributed by atoms with Gasteiger partial charge in [-0.1, -0.05) is 30.3 Å². The number of carbonyl (C=O) groups is 2. The SMILES string of the molecule is CCOC(=O)[C@H]1CCCN([C@@H](C)C(=O)Nc2ccc3ccccc3c2)C1. The van der Waals surface area contributed by atoms with E-state index in [1.54, 1.807) is 0 Å². The van der Waals surface area contributed by atoms with E-state index in [9.17, 15) is 9.59 Å². The summed E-state index contributed by atoms with van der Waals surface area (Å²) in [6, 6.07) is 13.7. The number of esters is 1. The molecular weight excluding hydrogens is 328 g/mol. The van der Waals surface area contributed by atoms with E-state index in [-0.39, 0.29) is 23.8 Å². The number of hydrogen-bond acceptors (Lipinski definition) is 4. The van der Waals surface area contributed by atoms with E-state index in [1.165, 1.54) is 0 Å². The van der Waals surface area contributed by atoms with Crippen LogP contribution in [0.5, 0.6) is 0 Å². The Morgan fingerprint density at radius 3 is 2.77 bits per heavy atom. The highest BCUT2D eigenvalue weighted by molar-refractivity contribution is 5.97. The molecule has 3 rings (SSSR count). The zero-order valence-corrected chi connectivity index (χ0v) is 15.4. The monoisotopic (exact) mass is 354 g/mol. The number of amides is 1. The Morgan fingerprint density at radius 1 is 1.23 bits per heavy atom. The van der Waals surface area contributed by atoms with Gasteiger partial charge in [0, 0.05) is 12.2 Å². The number of nitrogens with zero attached hydrogens (tertiary/aromatic N) is 1. The number of ether oxygens (including phenoxy) is 1. The standard InChI is InChI=1S/C21H26N2O3/c1-3-26-21(25)18-9-6-12-23(14-18)15(2)20(24)22-19-11-10-16-7-4-5-8-17(16)13-19/h4-5,7-8,10-11,13,15,18H,3,6,9,12,14H2,1-2H3,(H,22,24)/t15-,18-/m0/s1. The van der Waals surface area contributed by atoms with E-state index in [1.807, 2.05) is 56.3 Å². The van der Waals surface area contributed by atoms with Crippen LogP contribution in [0.3, 0.4) is 0 Å². The molecule has 1 aliphatic rings. The maximum atomic E-state index is 12.7. The predicted octanol–water partition coefficient (Wildman–Crippen LogP) is 3.44. The van der Waals surface area contributed by atoms with Crippen molar-refractivity contribution in [3.05, 3.63) is 42.5 Å². The number of hydrogen-bond donors (Lipinski definition) is 1. The highest BCUT2D eigenvalue weighted by Crippen LogP contribution is 2.22. The van der Waals surface area contributed by atoms with Gasteiger partial charge in [-0.15, -0.1) is 0 Å². The fourth-order valence-corrected chi connectivity index (χ4v) is 3.49. The summed E-state index contributed by atoms with van der Waals surface area (Å²) in [6.07, 6.45) is 1.73. The highest BCUT2D eigenvalue weighted by atomic mass is 16.5. The molecule has 1 heterocycles. The predicted molar refractivity (Wildman–Crippen MR) is 103 cm³/mol. The summed E-state index contributed by atoms with van der Waals surface area (Å²) in [7, 11) is 0. The number of benzene rings is 2. The lowest BCUT2D eigenvalue weighted by Gasteiger charge is -2.35. The van der Waals surface area contributed by atoms with Crippen LogP contribution >= 0.6 is 0 Å². The Morgan fingerprint density at radius 2 is 2.00 bits per heavy atom. The minimum Gasteiger partial charge on any atom is -0.466 e. The van der Waals surface area contributed by atoms with Gasteiger partial charge in [0.15, 0.2) is 0 Å². The van der Waals surface area contributed by atoms with Crippen LogP contribution in [-0.2, 0) is 14.3 Å². The van der Waals surface area contributed by atoms with Crippen molar-refractivity contribution in [1.82, 2.24) is 4.90 Å². The van der Waals surface area contributed by atoms with Crippen LogP contribution in [0.4, 0.5) is 5.69 Å². The van der Waals surface area contributed by atoms with Crippen molar-refractivity contribution in [1.29, 1.82) is 0 Å². The second kappa shape index (κ2) is 8.32. The topological polar surface area (TPSA) is 58.6 Å². The molecule has 0 spiro atoms. The molecule has 26 heavy (non-hydrogen) atoms. The molecule has 5 heteroatoms. The Labute approximate surface area is 154 Å². The zero-order chi connectivity index (χ0) is 18.5. The van der Waals surface area contributed by atoms with Crippen molar-refractivity contribution in [3.63, 3.8) is 0 Å². The minimum atomic E-state index is -0.293. The lowest BCUT2D eigenvalue weighted by molar-refractivity contribution is -0.150. The van der Waals surface area contributed by atoms with E-state index in [0.717, 1.165) is 35.8 Å². The first-order chi connectivity index (χ1) is 12.6. The number of piperidine rings is 1. The third-order valence-electron chi connectivity index (χ3n) is 5.02. The molecule has 1 amide bonds. The maximum absolute atomic E-state index is 12.7. The summed E-state index contributed by atoms with van der Waals surface area (Å²) in [4.78, 5) is 26.8. The van der Waals surface area contributed by atoms with Crippen LogP contribution in [0.25, 0.3) is 10.8 Å². The smallest absolute Gasteiger partial charge is 0.310 e. The van der Waals surface area contributed by atoms with E-state index in [4.69, 9.17) is 4.74 Å². The van der Waals surface area contributed by atoms with Gasteiger partial charge in [-0.25, -0.2) is 0 Å². The van der Waals surface area contributed by atoms with Gasteiger partial charge in [0.05, 0.1) is 18.6 Å². The molecule has 0 bridgehead atoms. The van der Waals surface area contributed by atoms with E-state index >= 15 is 0 Å². The molecule has 2 aromatic carbocycles. The van der Waals surface area contributed by atoms with Crippen molar-refractivity contribution >= 4 is 28.3 Å². The number of nitrogens with one attached hydrogen (secondary N) is 1. The first-order valence-electron chi connectivity index (χ1n) is 9.29. The highest BCUT2D eigenvalue weighted by Gasteiger charge is 2.31. The van der Waals surface area contributed by atoms with Gasteiger partial charge in [0.25, 0.3) is 0 Å². The summed E-state index contributed by atoms with van der Waals surface area (Å²) < 4.78 is 5.14. The zero-order valence-electron chi connectivity index (χ0n) is 15.4. The summed E-state index contributed by atoms with van der Waals surface area (Å²) in [6.45, 7) is 5.50. The number of likely N-dealkylation sites (tertiary alicyclic amines) is 1. The van der Waals surface area contributed by atoms with E-state index < -0.39 is 0 Å². The lowest BCUT2D eigenvalue weighted by atomic mass is 9.97. The molecule has 2 atom stereocenters. The van der Waals surface area contributed by atoms with Crippen LogP contribution in [0.2, 0.25) is 0 Å². The average molecular weight is 354 g/mol. The van der Waals surface area contributed by atoms with Gasteiger partial charge in [0.1, 0.15) is 0 Å². The third kappa shape index (κ3) is 4.22. The summed E-state index contributed by atoms with van der Waals surface area (Å²) in [5.41, 5.74) is 0.791. The van der Waals surface area contributed by atoms with Crippen molar-refractivity contribution < 1.29 is 14.3 Å². The van der Waals surface area contributed by atoms with Crippen molar-refractivity contribution in [2.24, 2.45) is 5.92 Å². The van der Waals surface area contributed by atoms with Gasteiger partial charge in [-0.2, -0.15) is 0 Å². The molecule has 0 saturated carbocycles. The van der Waals surface area contributed by atoms with Gasteiger partial charge in [-0.3, -0.25) is 14.5 Å². The largest absolute Gasteiger partial charge is 0.466 e. The summed E-state index contributed by atoms with van der Waals surface area (Å²) in [5, 5.41) is 5.24. The van der Waals surface area contributed by atoms with Gasteiger partial charge in [-0.05, 0) is 56.1 Å². The molecular formula is C21H26N2O3. The molecule has 1 fully saturated rings. The van der Waals surface area contributed by atoms with Crippen LogP contribution in [0.1, 0.15) is 26.7 Å². The third-order valence-corrected chi connectivity index (χ3v) is 5.02. The molecule has 0 aliphatic carbocycles. The van der Waals surface area contributed by atoms with Crippen LogP contribution in [-0.4, -0.2) is 42.5 Å². The number of rotatable bonds is 5. The number of carbonyl (C=O) groups excluding carboxylic acids is 2. The van der Waals surface area contributed by atoms with Crippen LogP contribution in [0, 0.1) is 5.92 Å². The Kier molecular flexibility index (Phi) is 5.89.